The molecule has 0 radical (unpaired) electrons. The number of aromatic nitrogens is 1. The first-order chi connectivity index (χ1) is 8.81. The zero-order valence-corrected chi connectivity index (χ0v) is 11.1. The van der Waals surface area contributed by atoms with E-state index in [4.69, 9.17) is 10.5 Å². The van der Waals surface area contributed by atoms with Gasteiger partial charge in [0.2, 0.25) is 0 Å². The van der Waals surface area contributed by atoms with Crippen LogP contribution in [-0.2, 0) is 4.74 Å². The summed E-state index contributed by atoms with van der Waals surface area (Å²) in [5.41, 5.74) is 7.07. The van der Waals surface area contributed by atoms with Gasteiger partial charge in [0.15, 0.2) is 0 Å². The fraction of sp³-hybridized carbons (Fsp3) is 0.643. The molecule has 0 aliphatic carbocycles. The molecule has 3 N–H and O–H groups in total. The second-order valence-corrected chi connectivity index (χ2v) is 4.86. The van der Waals surface area contributed by atoms with Gasteiger partial charge in [-0.2, -0.15) is 0 Å². The second-order valence-electron chi connectivity index (χ2n) is 4.86. The van der Waals surface area contributed by atoms with Crippen LogP contribution in [0.1, 0.15) is 44.2 Å². The van der Waals surface area contributed by atoms with Gasteiger partial charge in [-0.05, 0) is 38.3 Å². The maximum Gasteiger partial charge on any atom is 0.128 e. The van der Waals surface area contributed by atoms with Crippen LogP contribution in [0.2, 0.25) is 0 Å². The van der Waals surface area contributed by atoms with E-state index in [0.29, 0.717) is 11.9 Å². The normalized spacial score (nSPS) is 21.1. The number of ether oxygens (including phenoxy) is 1. The molecule has 1 aromatic heterocycles. The fourth-order valence-corrected chi connectivity index (χ4v) is 2.46. The van der Waals surface area contributed by atoms with Crippen molar-refractivity contribution in [1.82, 2.24) is 10.3 Å². The summed E-state index contributed by atoms with van der Waals surface area (Å²) in [7, 11) is 0. The molecule has 1 aliphatic heterocycles. The Morgan fingerprint density at radius 3 is 3.17 bits per heavy atom. The average molecular weight is 249 g/mol. The van der Waals surface area contributed by atoms with Gasteiger partial charge in [0.1, 0.15) is 5.82 Å². The number of hydrogen-bond donors (Lipinski definition) is 2. The number of nitrogens with two attached hydrogens (primary N) is 1. The monoisotopic (exact) mass is 249 g/mol. The first-order valence-electron chi connectivity index (χ1n) is 6.86. The molecule has 1 fully saturated rings. The van der Waals surface area contributed by atoms with Gasteiger partial charge in [-0.25, -0.2) is 4.98 Å². The lowest BCUT2D eigenvalue weighted by Gasteiger charge is -2.22. The number of hydrogen-bond acceptors (Lipinski definition) is 4. The second kappa shape index (κ2) is 6.71. The van der Waals surface area contributed by atoms with E-state index in [1.165, 1.54) is 6.42 Å². The quantitative estimate of drug-likeness (QED) is 0.812. The van der Waals surface area contributed by atoms with Gasteiger partial charge in [-0.1, -0.05) is 13.0 Å². The highest BCUT2D eigenvalue weighted by molar-refractivity contribution is 5.40. The highest BCUT2D eigenvalue weighted by Crippen LogP contribution is 2.27. The molecular weight excluding hydrogens is 226 g/mol. The van der Waals surface area contributed by atoms with Gasteiger partial charge in [0.25, 0.3) is 0 Å². The molecule has 2 unspecified atom stereocenters. The maximum absolute atomic E-state index is 5.98. The van der Waals surface area contributed by atoms with Crippen molar-refractivity contribution in [3.63, 3.8) is 0 Å². The SMILES string of the molecule is CCCNC(CC1CCCO1)c1cccnc1N. The summed E-state index contributed by atoms with van der Waals surface area (Å²) in [4.78, 5) is 4.18. The van der Waals surface area contributed by atoms with Crippen LogP contribution in [0.15, 0.2) is 18.3 Å². The molecule has 4 heteroatoms. The van der Waals surface area contributed by atoms with E-state index in [1.54, 1.807) is 6.20 Å². The largest absolute Gasteiger partial charge is 0.383 e. The van der Waals surface area contributed by atoms with Crippen molar-refractivity contribution >= 4 is 5.82 Å². The number of rotatable bonds is 6. The van der Waals surface area contributed by atoms with Crippen LogP contribution in [0.25, 0.3) is 0 Å². The summed E-state index contributed by atoms with van der Waals surface area (Å²) < 4.78 is 5.72. The summed E-state index contributed by atoms with van der Waals surface area (Å²) >= 11 is 0. The van der Waals surface area contributed by atoms with Crippen molar-refractivity contribution in [2.24, 2.45) is 0 Å². The minimum atomic E-state index is 0.252. The van der Waals surface area contributed by atoms with Gasteiger partial charge in [0, 0.05) is 24.4 Å². The molecule has 4 nitrogen and oxygen atoms in total. The van der Waals surface area contributed by atoms with Crippen molar-refractivity contribution in [1.29, 1.82) is 0 Å². The standard InChI is InChI=1S/C14H23N3O/c1-2-7-16-13(10-11-5-4-9-18-11)12-6-3-8-17-14(12)15/h3,6,8,11,13,16H,2,4-5,7,9-10H2,1H3,(H2,15,17). The van der Waals surface area contributed by atoms with Crippen molar-refractivity contribution in [2.75, 3.05) is 18.9 Å². The lowest BCUT2D eigenvalue weighted by molar-refractivity contribution is 0.0946. The zero-order valence-electron chi connectivity index (χ0n) is 11.1. The van der Waals surface area contributed by atoms with Crippen LogP contribution in [0.3, 0.4) is 0 Å². The summed E-state index contributed by atoms with van der Waals surface area (Å²) in [6.45, 7) is 4.06. The molecule has 2 atom stereocenters. The van der Waals surface area contributed by atoms with Crippen LogP contribution in [0.5, 0.6) is 0 Å². The fourth-order valence-electron chi connectivity index (χ4n) is 2.46. The number of nitrogen functional groups attached to an aromatic ring is 1. The third-order valence-corrected chi connectivity index (χ3v) is 3.41. The molecule has 0 amide bonds. The molecule has 1 saturated heterocycles. The molecule has 0 bridgehead atoms. The molecule has 1 aromatic rings. The van der Waals surface area contributed by atoms with Crippen LogP contribution >= 0.6 is 0 Å². The van der Waals surface area contributed by atoms with Crippen molar-refractivity contribution < 1.29 is 4.74 Å². The zero-order chi connectivity index (χ0) is 12.8. The van der Waals surface area contributed by atoms with E-state index in [0.717, 1.165) is 38.0 Å². The molecule has 1 aliphatic rings. The summed E-state index contributed by atoms with van der Waals surface area (Å²) in [6, 6.07) is 4.26. The molecule has 100 valence electrons. The molecule has 0 aromatic carbocycles. The van der Waals surface area contributed by atoms with E-state index in [2.05, 4.69) is 23.3 Å². The third kappa shape index (κ3) is 3.43. The molecule has 2 rings (SSSR count). The Kier molecular flexibility index (Phi) is 4.96. The Morgan fingerprint density at radius 1 is 1.61 bits per heavy atom. The number of nitrogens with one attached hydrogen (secondary N) is 1. The summed E-state index contributed by atoms with van der Waals surface area (Å²) in [6.07, 6.45) is 6.52. The predicted molar refractivity (Wildman–Crippen MR) is 73.3 cm³/mol. The molecule has 2 heterocycles. The summed E-state index contributed by atoms with van der Waals surface area (Å²) in [5, 5.41) is 3.55. The molecule has 18 heavy (non-hydrogen) atoms. The summed E-state index contributed by atoms with van der Waals surface area (Å²) in [5.74, 6) is 0.629. The first-order valence-corrected chi connectivity index (χ1v) is 6.86. The van der Waals surface area contributed by atoms with E-state index in [1.807, 2.05) is 6.07 Å². The van der Waals surface area contributed by atoms with Gasteiger partial charge >= 0.3 is 0 Å². The lowest BCUT2D eigenvalue weighted by Crippen LogP contribution is -2.27. The highest BCUT2D eigenvalue weighted by Gasteiger charge is 2.22. The minimum absolute atomic E-state index is 0.252. The maximum atomic E-state index is 5.98. The van der Waals surface area contributed by atoms with Crippen LogP contribution < -0.4 is 11.1 Å². The Balaban J connectivity index is 2.06. The van der Waals surface area contributed by atoms with E-state index >= 15 is 0 Å². The van der Waals surface area contributed by atoms with Gasteiger partial charge in [0.05, 0.1) is 6.10 Å². The number of nitrogens with zero attached hydrogens (tertiary/aromatic N) is 1. The first kappa shape index (κ1) is 13.3. The van der Waals surface area contributed by atoms with Crippen molar-refractivity contribution in [3.8, 4) is 0 Å². The smallest absolute Gasteiger partial charge is 0.128 e. The predicted octanol–water partition coefficient (Wildman–Crippen LogP) is 2.27. The van der Waals surface area contributed by atoms with E-state index in [-0.39, 0.29) is 6.04 Å². The molecule has 0 spiro atoms. The third-order valence-electron chi connectivity index (χ3n) is 3.41. The van der Waals surface area contributed by atoms with Gasteiger partial charge < -0.3 is 15.8 Å². The van der Waals surface area contributed by atoms with E-state index < -0.39 is 0 Å². The van der Waals surface area contributed by atoms with Crippen LogP contribution in [-0.4, -0.2) is 24.2 Å². The van der Waals surface area contributed by atoms with E-state index in [9.17, 15) is 0 Å². The Hall–Kier alpha value is -1.13. The number of pyridine rings is 1. The van der Waals surface area contributed by atoms with Crippen molar-refractivity contribution in [2.45, 2.75) is 44.8 Å². The Bertz CT molecular complexity index is 364. The van der Waals surface area contributed by atoms with Gasteiger partial charge in [-0.3, -0.25) is 0 Å². The topological polar surface area (TPSA) is 60.2 Å². The average Bonchev–Trinajstić information content (AvgIpc) is 2.88. The Morgan fingerprint density at radius 2 is 2.50 bits per heavy atom. The lowest BCUT2D eigenvalue weighted by atomic mass is 9.99. The van der Waals surface area contributed by atoms with Crippen LogP contribution in [0.4, 0.5) is 5.82 Å². The van der Waals surface area contributed by atoms with Crippen LogP contribution in [0, 0.1) is 0 Å². The highest BCUT2D eigenvalue weighted by atomic mass is 16.5. The Labute approximate surface area is 109 Å². The molecule has 0 saturated carbocycles. The number of anilines is 1. The molecular formula is C14H23N3O. The minimum Gasteiger partial charge on any atom is -0.383 e. The van der Waals surface area contributed by atoms with Crippen molar-refractivity contribution in [3.05, 3.63) is 23.9 Å². The van der Waals surface area contributed by atoms with Gasteiger partial charge in [-0.15, -0.1) is 0 Å².